The molecule has 1 saturated heterocycles. The fourth-order valence-corrected chi connectivity index (χ4v) is 5.42. The number of amides is 2. The minimum atomic E-state index is -0.771. The number of benzene rings is 2. The third-order valence-electron chi connectivity index (χ3n) is 6.71. The fourth-order valence-electron chi connectivity index (χ4n) is 4.57. The highest BCUT2D eigenvalue weighted by molar-refractivity contribution is 7.20. The van der Waals surface area contributed by atoms with Gasteiger partial charge >= 0.3 is 6.09 Å². The molecule has 1 aliphatic heterocycles. The molecule has 0 radical (unpaired) electrons. The molecule has 8 nitrogen and oxygen atoms in total. The van der Waals surface area contributed by atoms with Gasteiger partial charge in [0, 0.05) is 18.2 Å². The minimum Gasteiger partial charge on any atom is -0.399 e. The molecule has 1 fully saturated rings. The van der Waals surface area contributed by atoms with Crippen molar-refractivity contribution in [3.63, 3.8) is 0 Å². The Bertz CT molecular complexity index is 1420. The van der Waals surface area contributed by atoms with Gasteiger partial charge < -0.3 is 15.4 Å². The zero-order valence-electron chi connectivity index (χ0n) is 21.3. The summed E-state index contributed by atoms with van der Waals surface area (Å²) in [6, 6.07) is 15.2. The number of carbonyl (C=O) groups is 2. The molecule has 0 aliphatic carbocycles. The summed E-state index contributed by atoms with van der Waals surface area (Å²) < 4.78 is 18.7. The minimum absolute atomic E-state index is 0.268. The lowest BCUT2D eigenvalue weighted by molar-refractivity contribution is 0.102. The van der Waals surface area contributed by atoms with Crippen molar-refractivity contribution in [3.05, 3.63) is 77.1 Å². The van der Waals surface area contributed by atoms with Gasteiger partial charge in [-0.1, -0.05) is 42.0 Å². The van der Waals surface area contributed by atoms with E-state index in [4.69, 9.17) is 4.74 Å². The number of likely N-dealkylation sites (tertiary alicyclic amines) is 1. The number of carbonyl (C=O) groups excluding carboxylic acids is 2. The zero-order chi connectivity index (χ0) is 26.7. The average Bonchev–Trinajstić information content (AvgIpc) is 3.45. The summed E-state index contributed by atoms with van der Waals surface area (Å²) in [5.41, 5.74) is 1.69. The first-order valence-electron chi connectivity index (χ1n) is 12.6. The molecule has 4 aromatic rings. The number of ether oxygens (including phenoxy) is 1. The van der Waals surface area contributed by atoms with Gasteiger partial charge in [-0.3, -0.25) is 14.8 Å². The second kappa shape index (κ2) is 10.9. The largest absolute Gasteiger partial charge is 0.414 e. The van der Waals surface area contributed by atoms with Crippen LogP contribution >= 0.6 is 11.3 Å². The second-order valence-electron chi connectivity index (χ2n) is 10.0. The normalized spacial score (nSPS) is 14.4. The number of hydrogen-bond acceptors (Lipinski definition) is 6. The maximum atomic E-state index is 13.3. The molecular weight excluding hydrogens is 505 g/mol. The lowest BCUT2D eigenvalue weighted by atomic mass is 9.94. The Morgan fingerprint density at radius 1 is 1.08 bits per heavy atom. The number of thiophene rings is 1. The van der Waals surface area contributed by atoms with E-state index in [0.717, 1.165) is 25.2 Å². The Morgan fingerprint density at radius 3 is 2.50 bits per heavy atom. The number of nitrogens with zero attached hydrogens (tertiary/aromatic N) is 2. The Labute approximate surface area is 224 Å². The van der Waals surface area contributed by atoms with Crippen LogP contribution in [0.3, 0.4) is 0 Å². The number of aromatic nitrogens is 2. The van der Waals surface area contributed by atoms with E-state index < -0.39 is 11.6 Å². The smallest absolute Gasteiger partial charge is 0.399 e. The van der Waals surface area contributed by atoms with Gasteiger partial charge in [0.25, 0.3) is 5.91 Å². The van der Waals surface area contributed by atoms with E-state index in [1.54, 1.807) is 32.0 Å². The number of anilines is 1. The number of fused-ring (bicyclic) bond motifs is 1. The Hall–Kier alpha value is -3.76. The number of hydrogen-bond donors (Lipinski definition) is 3. The van der Waals surface area contributed by atoms with Crippen LogP contribution in [0.15, 0.2) is 54.6 Å². The van der Waals surface area contributed by atoms with Crippen LogP contribution in [0.4, 0.5) is 15.0 Å². The van der Waals surface area contributed by atoms with Crippen molar-refractivity contribution in [2.24, 2.45) is 0 Å². The molecule has 3 N–H and O–H groups in total. The van der Waals surface area contributed by atoms with Crippen LogP contribution in [0.25, 0.3) is 10.2 Å². The van der Waals surface area contributed by atoms with Crippen LogP contribution in [-0.2, 0) is 12.1 Å². The van der Waals surface area contributed by atoms with Crippen LogP contribution < -0.4 is 15.4 Å². The van der Waals surface area contributed by atoms with E-state index in [1.807, 2.05) is 24.3 Å². The van der Waals surface area contributed by atoms with E-state index in [-0.39, 0.29) is 11.7 Å². The van der Waals surface area contributed by atoms with E-state index in [9.17, 15) is 14.0 Å². The monoisotopic (exact) mass is 535 g/mol. The summed E-state index contributed by atoms with van der Waals surface area (Å²) >= 11 is 1.20. The molecule has 0 unspecified atom stereocenters. The van der Waals surface area contributed by atoms with Gasteiger partial charge in [-0.2, -0.15) is 5.10 Å². The molecule has 0 saturated carbocycles. The quantitative estimate of drug-likeness (QED) is 0.269. The van der Waals surface area contributed by atoms with Gasteiger partial charge in [-0.05, 0) is 75.2 Å². The molecule has 0 spiro atoms. The molecule has 5 rings (SSSR count). The summed E-state index contributed by atoms with van der Waals surface area (Å²) in [4.78, 5) is 28.5. The Balaban J connectivity index is 1.20. The molecule has 0 bridgehead atoms. The predicted molar refractivity (Wildman–Crippen MR) is 146 cm³/mol. The van der Waals surface area contributed by atoms with Crippen molar-refractivity contribution in [2.75, 3.05) is 18.4 Å². The summed E-state index contributed by atoms with van der Waals surface area (Å²) in [6.07, 6.45) is 3.14. The number of aromatic amines is 1. The van der Waals surface area contributed by atoms with Crippen molar-refractivity contribution >= 4 is 39.4 Å². The third-order valence-corrected chi connectivity index (χ3v) is 7.63. The average molecular weight is 536 g/mol. The lowest BCUT2D eigenvalue weighted by Gasteiger charge is -2.26. The lowest BCUT2D eigenvalue weighted by Crippen LogP contribution is -2.42. The fraction of sp³-hybridized carbons (Fsp3) is 0.321. The summed E-state index contributed by atoms with van der Waals surface area (Å²) in [5.74, 6) is -0.252. The van der Waals surface area contributed by atoms with Crippen molar-refractivity contribution in [1.82, 2.24) is 20.4 Å². The number of piperidine rings is 1. The van der Waals surface area contributed by atoms with E-state index >= 15 is 0 Å². The first kappa shape index (κ1) is 25.9. The van der Waals surface area contributed by atoms with Crippen LogP contribution in [0.2, 0.25) is 0 Å². The highest BCUT2D eigenvalue weighted by Gasteiger charge is 2.25. The van der Waals surface area contributed by atoms with Crippen molar-refractivity contribution in [2.45, 2.75) is 45.2 Å². The van der Waals surface area contributed by atoms with Crippen LogP contribution in [0.5, 0.6) is 5.06 Å². The number of H-pyrrole nitrogens is 1. The summed E-state index contributed by atoms with van der Waals surface area (Å²) in [6.45, 7) is 6.75. The molecular formula is C28H30FN5O3S. The van der Waals surface area contributed by atoms with Crippen molar-refractivity contribution < 1.29 is 18.7 Å². The Kier molecular flexibility index (Phi) is 7.44. The first-order valence-corrected chi connectivity index (χ1v) is 13.4. The second-order valence-corrected chi connectivity index (χ2v) is 11.0. The van der Waals surface area contributed by atoms with Gasteiger partial charge in [0.1, 0.15) is 10.6 Å². The van der Waals surface area contributed by atoms with E-state index in [0.29, 0.717) is 26.7 Å². The van der Waals surface area contributed by atoms with Crippen LogP contribution in [0, 0.1) is 5.82 Å². The van der Waals surface area contributed by atoms with Crippen LogP contribution in [-0.4, -0.2) is 40.2 Å². The molecule has 10 heteroatoms. The van der Waals surface area contributed by atoms with Gasteiger partial charge in [0.2, 0.25) is 0 Å². The molecule has 1 aliphatic rings. The van der Waals surface area contributed by atoms with Gasteiger partial charge in [-0.15, -0.1) is 0 Å². The molecule has 2 aromatic heterocycles. The molecule has 2 amide bonds. The van der Waals surface area contributed by atoms with Gasteiger partial charge in [-0.25, -0.2) is 9.18 Å². The van der Waals surface area contributed by atoms with Crippen molar-refractivity contribution in [1.29, 1.82) is 0 Å². The van der Waals surface area contributed by atoms with Gasteiger partial charge in [0.05, 0.1) is 10.9 Å². The van der Waals surface area contributed by atoms with Crippen LogP contribution in [0.1, 0.15) is 54.6 Å². The molecule has 198 valence electrons. The van der Waals surface area contributed by atoms with Gasteiger partial charge in [0.15, 0.2) is 10.9 Å². The van der Waals surface area contributed by atoms with E-state index in [2.05, 4.69) is 25.7 Å². The van der Waals surface area contributed by atoms with Crippen molar-refractivity contribution in [3.8, 4) is 5.06 Å². The Morgan fingerprint density at radius 2 is 1.79 bits per heavy atom. The zero-order valence-corrected chi connectivity index (χ0v) is 22.2. The molecule has 38 heavy (non-hydrogen) atoms. The maximum absolute atomic E-state index is 13.3. The number of nitrogens with one attached hydrogen (secondary N) is 3. The molecule has 3 heterocycles. The summed E-state index contributed by atoms with van der Waals surface area (Å²) in [5, 5.41) is 13.7. The highest BCUT2D eigenvalue weighted by Crippen LogP contribution is 2.35. The SMILES string of the molecule is CC(C)(NC(=O)Oc1cc2c(NC(=O)c3ccc(CN4CCCCC4)cc3)n[nH]c2s1)c1ccc(F)cc1. The number of rotatable bonds is 7. The highest BCUT2D eigenvalue weighted by atomic mass is 32.1. The first-order chi connectivity index (χ1) is 18.3. The predicted octanol–water partition coefficient (Wildman–Crippen LogP) is 6.03. The van der Waals surface area contributed by atoms with E-state index in [1.165, 1.54) is 48.3 Å². The topological polar surface area (TPSA) is 99.3 Å². The standard InChI is InChI=1S/C28H30FN5O3S/c1-28(2,20-10-12-21(29)13-11-20)31-27(36)37-23-16-22-24(32-33-26(22)38-23)30-25(35)19-8-6-18(7-9-19)17-34-14-4-3-5-15-34/h6-13,16H,3-5,14-15,17H2,1-2H3,(H,31,36)(H2,30,32,33,35). The molecule has 2 aromatic carbocycles. The summed E-state index contributed by atoms with van der Waals surface area (Å²) in [7, 11) is 0. The molecule has 0 atom stereocenters. The maximum Gasteiger partial charge on any atom is 0.414 e. The number of halogens is 1. The third kappa shape index (κ3) is 6.03.